The van der Waals surface area contributed by atoms with Gasteiger partial charge in [-0.2, -0.15) is 0 Å². The number of carboxylic acid groups (broad SMARTS) is 1. The van der Waals surface area contributed by atoms with Crippen molar-refractivity contribution in [2.24, 2.45) is 0 Å². The number of rotatable bonds is 5. The molecule has 1 N–H and O–H groups in total. The lowest BCUT2D eigenvalue weighted by Gasteiger charge is -2.08. The summed E-state index contributed by atoms with van der Waals surface area (Å²) in [7, 11) is 0. The van der Waals surface area contributed by atoms with Crippen molar-refractivity contribution in [3.63, 3.8) is 0 Å². The molecule has 1 aromatic heterocycles. The molecular weight excluding hydrogens is 274 g/mol. The van der Waals surface area contributed by atoms with Crippen LogP contribution < -0.4 is 4.74 Å². The molecule has 0 saturated heterocycles. The van der Waals surface area contributed by atoms with Gasteiger partial charge in [0.2, 0.25) is 0 Å². The third-order valence-corrected chi connectivity index (χ3v) is 4.16. The highest BCUT2D eigenvalue weighted by Gasteiger charge is 2.13. The van der Waals surface area contributed by atoms with Crippen LogP contribution >= 0.6 is 11.3 Å². The Morgan fingerprint density at radius 2 is 2.10 bits per heavy atom. The van der Waals surface area contributed by atoms with Crippen molar-refractivity contribution in [3.05, 3.63) is 44.9 Å². The Hall–Kier alpha value is -1.88. The van der Waals surface area contributed by atoms with Crippen LogP contribution in [0.3, 0.4) is 0 Å². The monoisotopic (exact) mass is 291 g/mol. The van der Waals surface area contributed by atoms with E-state index in [1.807, 2.05) is 32.0 Å². The number of carbonyl (C=O) groups is 1. The molecule has 0 amide bonds. The van der Waals surface area contributed by atoms with E-state index in [4.69, 9.17) is 9.84 Å². The van der Waals surface area contributed by atoms with Gasteiger partial charge in [0.1, 0.15) is 10.6 Å². The number of thiazole rings is 1. The summed E-state index contributed by atoms with van der Waals surface area (Å²) in [5, 5.41) is 9.78. The number of aromatic nitrogens is 1. The Kier molecular flexibility index (Phi) is 4.39. The highest BCUT2D eigenvalue weighted by molar-refractivity contribution is 7.13. The summed E-state index contributed by atoms with van der Waals surface area (Å²) in [6, 6.07) is 6.08. The molecule has 0 spiro atoms. The molecule has 106 valence electrons. The molecular formula is C15H17NO3S. The van der Waals surface area contributed by atoms with E-state index < -0.39 is 5.97 Å². The summed E-state index contributed by atoms with van der Waals surface area (Å²) in [5.74, 6) is -0.0431. The van der Waals surface area contributed by atoms with Gasteiger partial charge in [0, 0.05) is 6.42 Å². The summed E-state index contributed by atoms with van der Waals surface area (Å²) < 4.78 is 5.75. The predicted molar refractivity (Wildman–Crippen MR) is 78.9 cm³/mol. The summed E-state index contributed by atoms with van der Waals surface area (Å²) in [4.78, 5) is 15.5. The first kappa shape index (κ1) is 14.5. The van der Waals surface area contributed by atoms with Crippen molar-refractivity contribution in [3.8, 4) is 5.75 Å². The molecule has 1 heterocycles. The van der Waals surface area contributed by atoms with Gasteiger partial charge < -0.3 is 9.84 Å². The number of carboxylic acids is 1. The summed E-state index contributed by atoms with van der Waals surface area (Å²) in [5.41, 5.74) is 2.82. The fourth-order valence-electron chi connectivity index (χ4n) is 1.87. The van der Waals surface area contributed by atoms with Gasteiger partial charge in [-0.05, 0) is 38.0 Å². The van der Waals surface area contributed by atoms with E-state index in [0.29, 0.717) is 23.6 Å². The molecule has 0 radical (unpaired) electrons. The highest BCUT2D eigenvalue weighted by Crippen LogP contribution is 2.21. The molecule has 0 aliphatic carbocycles. The van der Waals surface area contributed by atoms with Gasteiger partial charge in [-0.15, -0.1) is 11.3 Å². The van der Waals surface area contributed by atoms with E-state index in [9.17, 15) is 4.79 Å². The van der Waals surface area contributed by atoms with Crippen molar-refractivity contribution < 1.29 is 14.6 Å². The van der Waals surface area contributed by atoms with Gasteiger partial charge in [0.15, 0.2) is 0 Å². The fourth-order valence-corrected chi connectivity index (χ4v) is 2.75. The molecule has 0 bridgehead atoms. The van der Waals surface area contributed by atoms with Crippen molar-refractivity contribution >= 4 is 17.3 Å². The van der Waals surface area contributed by atoms with Crippen LogP contribution in [0.25, 0.3) is 0 Å². The second-order valence-electron chi connectivity index (χ2n) is 4.69. The molecule has 4 nitrogen and oxygen atoms in total. The average molecular weight is 291 g/mol. The van der Waals surface area contributed by atoms with Crippen LogP contribution in [0.2, 0.25) is 0 Å². The number of nitrogens with zero attached hydrogens (tertiary/aromatic N) is 1. The number of hydrogen-bond donors (Lipinski definition) is 1. The number of aromatic carboxylic acids is 1. The summed E-state index contributed by atoms with van der Waals surface area (Å²) >= 11 is 1.22. The van der Waals surface area contributed by atoms with Gasteiger partial charge in [-0.25, -0.2) is 9.78 Å². The van der Waals surface area contributed by atoms with Gasteiger partial charge in [0.25, 0.3) is 0 Å². The van der Waals surface area contributed by atoms with Crippen LogP contribution in [0, 0.1) is 20.8 Å². The van der Waals surface area contributed by atoms with E-state index in [1.54, 1.807) is 6.92 Å². The van der Waals surface area contributed by atoms with Crippen LogP contribution in [0.5, 0.6) is 5.75 Å². The van der Waals surface area contributed by atoms with Crippen molar-refractivity contribution in [1.82, 2.24) is 4.98 Å². The Labute approximate surface area is 122 Å². The molecule has 20 heavy (non-hydrogen) atoms. The maximum atomic E-state index is 11.0. The Balaban J connectivity index is 1.98. The molecule has 0 aliphatic rings. The molecule has 2 rings (SSSR count). The number of ether oxygens (including phenoxy) is 1. The first-order valence-corrected chi connectivity index (χ1v) is 7.18. The number of hydrogen-bond acceptors (Lipinski definition) is 4. The third kappa shape index (κ3) is 3.36. The minimum atomic E-state index is -0.915. The molecule has 0 saturated carbocycles. The largest absolute Gasteiger partial charge is 0.493 e. The predicted octanol–water partition coefficient (Wildman–Crippen LogP) is 3.39. The van der Waals surface area contributed by atoms with E-state index in [2.05, 4.69) is 4.98 Å². The zero-order valence-electron chi connectivity index (χ0n) is 11.8. The van der Waals surface area contributed by atoms with Gasteiger partial charge in [0.05, 0.1) is 17.3 Å². The quantitative estimate of drug-likeness (QED) is 0.917. The van der Waals surface area contributed by atoms with E-state index in [1.165, 1.54) is 11.3 Å². The van der Waals surface area contributed by atoms with E-state index in [-0.39, 0.29) is 0 Å². The Bertz CT molecular complexity index is 634. The lowest BCUT2D eigenvalue weighted by molar-refractivity contribution is 0.0701. The second kappa shape index (κ2) is 6.05. The minimum Gasteiger partial charge on any atom is -0.493 e. The molecule has 2 aromatic rings. The van der Waals surface area contributed by atoms with Crippen molar-refractivity contribution in [2.45, 2.75) is 27.2 Å². The van der Waals surface area contributed by atoms with E-state index in [0.717, 1.165) is 21.9 Å². The standard InChI is InChI=1S/C15H17NO3S/c1-9-4-5-10(2)12(8-9)19-7-6-13-16-11(3)14(20-13)15(17)18/h4-5,8H,6-7H2,1-3H3,(H,17,18). The molecule has 0 fully saturated rings. The highest BCUT2D eigenvalue weighted by atomic mass is 32.1. The smallest absolute Gasteiger partial charge is 0.347 e. The summed E-state index contributed by atoms with van der Waals surface area (Å²) in [6.45, 7) is 6.24. The lowest BCUT2D eigenvalue weighted by Crippen LogP contribution is -2.02. The van der Waals surface area contributed by atoms with Gasteiger partial charge in [-0.3, -0.25) is 0 Å². The number of benzene rings is 1. The van der Waals surface area contributed by atoms with Crippen molar-refractivity contribution in [1.29, 1.82) is 0 Å². The SMILES string of the molecule is Cc1ccc(C)c(OCCc2nc(C)c(C(=O)O)s2)c1. The van der Waals surface area contributed by atoms with Crippen LogP contribution in [0.1, 0.15) is 31.5 Å². The summed E-state index contributed by atoms with van der Waals surface area (Å²) in [6.07, 6.45) is 0.617. The van der Waals surface area contributed by atoms with Gasteiger partial charge >= 0.3 is 5.97 Å². The number of aryl methyl sites for hydroxylation is 3. The average Bonchev–Trinajstić information content (AvgIpc) is 2.75. The zero-order valence-corrected chi connectivity index (χ0v) is 12.6. The molecule has 5 heteroatoms. The minimum absolute atomic E-state index is 0.312. The Morgan fingerprint density at radius 3 is 2.75 bits per heavy atom. The molecule has 0 aliphatic heterocycles. The van der Waals surface area contributed by atoms with E-state index >= 15 is 0 Å². The second-order valence-corrected chi connectivity index (χ2v) is 5.78. The first-order valence-electron chi connectivity index (χ1n) is 6.37. The fraction of sp³-hybridized carbons (Fsp3) is 0.333. The maximum absolute atomic E-state index is 11.0. The molecule has 0 unspecified atom stereocenters. The zero-order chi connectivity index (χ0) is 14.7. The first-order chi connectivity index (χ1) is 9.47. The van der Waals surface area contributed by atoms with Crippen LogP contribution in [0.4, 0.5) is 0 Å². The van der Waals surface area contributed by atoms with Crippen LogP contribution in [0.15, 0.2) is 18.2 Å². The van der Waals surface area contributed by atoms with Gasteiger partial charge in [-0.1, -0.05) is 12.1 Å². The van der Waals surface area contributed by atoms with Crippen LogP contribution in [-0.4, -0.2) is 22.7 Å². The maximum Gasteiger partial charge on any atom is 0.347 e. The molecule has 0 atom stereocenters. The third-order valence-electron chi connectivity index (χ3n) is 2.95. The molecule has 1 aromatic carbocycles. The normalized spacial score (nSPS) is 10.6. The topological polar surface area (TPSA) is 59.4 Å². The van der Waals surface area contributed by atoms with Crippen LogP contribution in [-0.2, 0) is 6.42 Å². The lowest BCUT2D eigenvalue weighted by atomic mass is 10.1. The van der Waals surface area contributed by atoms with Crippen molar-refractivity contribution in [2.75, 3.05) is 6.61 Å². The Morgan fingerprint density at radius 1 is 1.35 bits per heavy atom.